The lowest BCUT2D eigenvalue weighted by Crippen LogP contribution is -2.21. The van der Waals surface area contributed by atoms with Crippen LogP contribution in [0.4, 0.5) is 0 Å². The Morgan fingerprint density at radius 1 is 1.00 bits per heavy atom. The average molecular weight is 215 g/mol. The molecule has 0 aromatic heterocycles. The first kappa shape index (κ1) is 14.9. The van der Waals surface area contributed by atoms with Gasteiger partial charge in [0.2, 0.25) is 0 Å². The van der Waals surface area contributed by atoms with E-state index in [0.717, 1.165) is 32.7 Å². The zero-order chi connectivity index (χ0) is 11.6. The summed E-state index contributed by atoms with van der Waals surface area (Å²) < 4.78 is 5.55. The molecule has 0 radical (unpaired) electrons. The fourth-order valence-corrected chi connectivity index (χ4v) is 1.25. The second-order valence-corrected chi connectivity index (χ2v) is 5.38. The normalized spacial score (nSPS) is 12.0. The Hall–Kier alpha value is -0.0800. The van der Waals surface area contributed by atoms with Crippen LogP contribution >= 0.6 is 0 Å². The average Bonchev–Trinajstić information content (AvgIpc) is 2.14. The predicted octanol–water partition coefficient (Wildman–Crippen LogP) is 3.22. The number of hydrogen-bond acceptors (Lipinski definition) is 2. The molecule has 0 saturated carbocycles. The molecule has 1 N–H and O–H groups in total. The molecule has 0 spiro atoms. The Labute approximate surface area is 95.8 Å². The van der Waals surface area contributed by atoms with Crippen molar-refractivity contribution in [1.29, 1.82) is 0 Å². The minimum Gasteiger partial charge on any atom is -0.380 e. The van der Waals surface area contributed by atoms with Crippen LogP contribution in [0.3, 0.4) is 0 Å². The SMILES string of the molecule is CCCCCNCCOCCC(C)(C)C. The first-order chi connectivity index (χ1) is 7.06. The lowest BCUT2D eigenvalue weighted by molar-refractivity contribution is 0.110. The van der Waals surface area contributed by atoms with E-state index in [1.54, 1.807) is 0 Å². The molecule has 0 heterocycles. The number of ether oxygens (including phenoxy) is 1. The Kier molecular flexibility index (Phi) is 9.12. The summed E-state index contributed by atoms with van der Waals surface area (Å²) >= 11 is 0. The van der Waals surface area contributed by atoms with E-state index in [2.05, 4.69) is 33.0 Å². The molecule has 0 atom stereocenters. The fraction of sp³-hybridized carbons (Fsp3) is 1.00. The third-order valence-electron chi connectivity index (χ3n) is 2.38. The van der Waals surface area contributed by atoms with Crippen LogP contribution in [0.1, 0.15) is 53.4 Å². The van der Waals surface area contributed by atoms with E-state index in [-0.39, 0.29) is 0 Å². The molecule has 0 unspecified atom stereocenters. The minimum atomic E-state index is 0.397. The number of nitrogens with one attached hydrogen (secondary N) is 1. The lowest BCUT2D eigenvalue weighted by atomic mass is 9.93. The molecule has 0 aromatic rings. The van der Waals surface area contributed by atoms with Crippen LogP contribution in [0, 0.1) is 5.41 Å². The maximum Gasteiger partial charge on any atom is 0.0590 e. The van der Waals surface area contributed by atoms with Crippen LogP contribution in [0.25, 0.3) is 0 Å². The molecule has 0 fully saturated rings. The van der Waals surface area contributed by atoms with Gasteiger partial charge >= 0.3 is 0 Å². The highest BCUT2D eigenvalue weighted by molar-refractivity contribution is 4.60. The van der Waals surface area contributed by atoms with Gasteiger partial charge in [0.25, 0.3) is 0 Å². The molecule has 15 heavy (non-hydrogen) atoms. The van der Waals surface area contributed by atoms with Crippen molar-refractivity contribution in [3.8, 4) is 0 Å². The van der Waals surface area contributed by atoms with Crippen LogP contribution in [-0.4, -0.2) is 26.3 Å². The summed E-state index contributed by atoms with van der Waals surface area (Å²) in [6.07, 6.45) is 5.06. The van der Waals surface area contributed by atoms with Crippen LogP contribution in [-0.2, 0) is 4.74 Å². The van der Waals surface area contributed by atoms with Gasteiger partial charge in [-0.3, -0.25) is 0 Å². The van der Waals surface area contributed by atoms with Crippen LogP contribution in [0.5, 0.6) is 0 Å². The Balaban J connectivity index is 2.99. The van der Waals surface area contributed by atoms with Crippen molar-refractivity contribution in [2.24, 2.45) is 5.41 Å². The van der Waals surface area contributed by atoms with Crippen molar-refractivity contribution in [2.45, 2.75) is 53.4 Å². The van der Waals surface area contributed by atoms with Crippen molar-refractivity contribution in [3.05, 3.63) is 0 Å². The van der Waals surface area contributed by atoms with Gasteiger partial charge in [-0.2, -0.15) is 0 Å². The van der Waals surface area contributed by atoms with Crippen molar-refractivity contribution in [2.75, 3.05) is 26.3 Å². The molecule has 2 nitrogen and oxygen atoms in total. The van der Waals surface area contributed by atoms with Gasteiger partial charge in [-0.15, -0.1) is 0 Å². The molecule has 0 aromatic carbocycles. The first-order valence-corrected chi connectivity index (χ1v) is 6.35. The maximum atomic E-state index is 5.55. The van der Waals surface area contributed by atoms with E-state index >= 15 is 0 Å². The molecule has 0 aliphatic rings. The smallest absolute Gasteiger partial charge is 0.0590 e. The van der Waals surface area contributed by atoms with Gasteiger partial charge in [-0.05, 0) is 24.8 Å². The minimum absolute atomic E-state index is 0.397. The zero-order valence-corrected chi connectivity index (χ0v) is 11.1. The summed E-state index contributed by atoms with van der Waals surface area (Å²) in [6.45, 7) is 12.8. The van der Waals surface area contributed by atoms with Crippen molar-refractivity contribution >= 4 is 0 Å². The van der Waals surface area contributed by atoms with Gasteiger partial charge in [0, 0.05) is 13.2 Å². The van der Waals surface area contributed by atoms with Gasteiger partial charge in [0.15, 0.2) is 0 Å². The van der Waals surface area contributed by atoms with Crippen molar-refractivity contribution in [3.63, 3.8) is 0 Å². The van der Waals surface area contributed by atoms with Crippen LogP contribution < -0.4 is 5.32 Å². The van der Waals surface area contributed by atoms with E-state index < -0.39 is 0 Å². The van der Waals surface area contributed by atoms with Crippen molar-refractivity contribution in [1.82, 2.24) is 5.32 Å². The first-order valence-electron chi connectivity index (χ1n) is 6.35. The quantitative estimate of drug-likeness (QED) is 0.596. The third-order valence-corrected chi connectivity index (χ3v) is 2.38. The van der Waals surface area contributed by atoms with Gasteiger partial charge in [0.1, 0.15) is 0 Å². The highest BCUT2D eigenvalue weighted by atomic mass is 16.5. The topological polar surface area (TPSA) is 21.3 Å². The highest BCUT2D eigenvalue weighted by Crippen LogP contribution is 2.17. The van der Waals surface area contributed by atoms with E-state index in [1.165, 1.54) is 19.3 Å². The Bertz CT molecular complexity index is 129. The van der Waals surface area contributed by atoms with E-state index in [4.69, 9.17) is 4.74 Å². The van der Waals surface area contributed by atoms with Gasteiger partial charge in [0.05, 0.1) is 6.61 Å². The molecule has 92 valence electrons. The van der Waals surface area contributed by atoms with E-state index in [1.807, 2.05) is 0 Å². The monoisotopic (exact) mass is 215 g/mol. The fourth-order valence-electron chi connectivity index (χ4n) is 1.25. The number of hydrogen-bond donors (Lipinski definition) is 1. The molecule has 0 bridgehead atoms. The zero-order valence-electron chi connectivity index (χ0n) is 11.1. The molecular weight excluding hydrogens is 186 g/mol. The summed E-state index contributed by atoms with van der Waals surface area (Å²) in [4.78, 5) is 0. The predicted molar refractivity (Wildman–Crippen MR) is 67.3 cm³/mol. The van der Waals surface area contributed by atoms with Crippen LogP contribution in [0.2, 0.25) is 0 Å². The Morgan fingerprint density at radius 3 is 2.33 bits per heavy atom. The molecular formula is C13H29NO. The highest BCUT2D eigenvalue weighted by Gasteiger charge is 2.08. The van der Waals surface area contributed by atoms with Crippen LogP contribution in [0.15, 0.2) is 0 Å². The molecule has 0 rings (SSSR count). The standard InChI is InChI=1S/C13H29NO/c1-5-6-7-9-14-10-12-15-11-8-13(2,3)4/h14H,5-12H2,1-4H3. The third kappa shape index (κ3) is 13.9. The second kappa shape index (κ2) is 9.17. The molecule has 0 saturated heterocycles. The summed E-state index contributed by atoms with van der Waals surface area (Å²) in [7, 11) is 0. The van der Waals surface area contributed by atoms with Crippen molar-refractivity contribution < 1.29 is 4.74 Å². The van der Waals surface area contributed by atoms with E-state index in [9.17, 15) is 0 Å². The Morgan fingerprint density at radius 2 is 1.73 bits per heavy atom. The van der Waals surface area contributed by atoms with E-state index in [0.29, 0.717) is 5.41 Å². The maximum absolute atomic E-state index is 5.55. The molecule has 0 amide bonds. The lowest BCUT2D eigenvalue weighted by Gasteiger charge is -2.17. The van der Waals surface area contributed by atoms with Gasteiger partial charge in [-0.1, -0.05) is 40.5 Å². The summed E-state index contributed by atoms with van der Waals surface area (Å²) in [5.41, 5.74) is 0.397. The molecule has 2 heteroatoms. The number of unbranched alkanes of at least 4 members (excludes halogenated alkanes) is 2. The summed E-state index contributed by atoms with van der Waals surface area (Å²) in [6, 6.07) is 0. The largest absolute Gasteiger partial charge is 0.380 e. The summed E-state index contributed by atoms with van der Waals surface area (Å²) in [5, 5.41) is 3.39. The second-order valence-electron chi connectivity index (χ2n) is 5.38. The van der Waals surface area contributed by atoms with Gasteiger partial charge in [-0.25, -0.2) is 0 Å². The summed E-state index contributed by atoms with van der Waals surface area (Å²) in [5.74, 6) is 0. The molecule has 0 aliphatic heterocycles. The molecule has 0 aliphatic carbocycles. The van der Waals surface area contributed by atoms with Gasteiger partial charge < -0.3 is 10.1 Å². The number of rotatable bonds is 9.